The van der Waals surface area contributed by atoms with E-state index in [4.69, 9.17) is 17.3 Å². The first kappa shape index (κ1) is 11.8. The summed E-state index contributed by atoms with van der Waals surface area (Å²) in [5.74, 6) is 2.11. The van der Waals surface area contributed by atoms with E-state index in [1.807, 2.05) is 18.2 Å². The molecule has 1 saturated carbocycles. The lowest BCUT2D eigenvalue weighted by Crippen LogP contribution is -2.14. The van der Waals surface area contributed by atoms with E-state index in [9.17, 15) is 0 Å². The zero-order valence-corrected chi connectivity index (χ0v) is 11.3. The highest BCUT2D eigenvalue weighted by Crippen LogP contribution is 2.34. The molecule has 0 saturated heterocycles. The average Bonchev–Trinajstić information content (AvgIpc) is 2.85. The lowest BCUT2D eigenvalue weighted by atomic mass is 9.98. The summed E-state index contributed by atoms with van der Waals surface area (Å²) in [4.78, 5) is 4.40. The van der Waals surface area contributed by atoms with Gasteiger partial charge in [-0.15, -0.1) is 0 Å². The number of hydrogen-bond donors (Lipinski definition) is 1. The number of hydrogen-bond acceptors (Lipinski definition) is 2. The van der Waals surface area contributed by atoms with Crippen LogP contribution < -0.4 is 5.73 Å². The number of nitrogen functional groups attached to an aromatic ring is 1. The Morgan fingerprint density at radius 1 is 1.44 bits per heavy atom. The third-order valence-corrected chi connectivity index (χ3v) is 4.43. The molecule has 96 valence electrons. The molecule has 0 bridgehead atoms. The minimum Gasteiger partial charge on any atom is -0.369 e. The molecule has 3 rings (SSSR count). The summed E-state index contributed by atoms with van der Waals surface area (Å²) in [6.07, 6.45) is 3.97. The van der Waals surface area contributed by atoms with E-state index >= 15 is 0 Å². The fraction of sp³-hybridized carbons (Fsp3) is 0.500. The van der Waals surface area contributed by atoms with E-state index in [0.29, 0.717) is 11.0 Å². The summed E-state index contributed by atoms with van der Waals surface area (Å²) in [5.41, 5.74) is 8.02. The highest BCUT2D eigenvalue weighted by molar-refractivity contribution is 6.31. The smallest absolute Gasteiger partial charge is 0.201 e. The van der Waals surface area contributed by atoms with Crippen molar-refractivity contribution in [3.8, 4) is 0 Å². The van der Waals surface area contributed by atoms with Crippen LogP contribution in [0.4, 0.5) is 5.95 Å². The number of halogens is 1. The maximum absolute atomic E-state index is 6.04. The van der Waals surface area contributed by atoms with Gasteiger partial charge >= 0.3 is 0 Å². The second kappa shape index (κ2) is 4.47. The third kappa shape index (κ3) is 1.97. The van der Waals surface area contributed by atoms with E-state index in [1.54, 1.807) is 0 Å². The number of nitrogens with zero attached hydrogens (tertiary/aromatic N) is 2. The van der Waals surface area contributed by atoms with E-state index in [1.165, 1.54) is 19.3 Å². The average molecular weight is 264 g/mol. The molecule has 0 spiro atoms. The molecule has 1 fully saturated rings. The predicted molar refractivity (Wildman–Crippen MR) is 75.7 cm³/mol. The quantitative estimate of drug-likeness (QED) is 0.898. The van der Waals surface area contributed by atoms with Gasteiger partial charge in [-0.3, -0.25) is 0 Å². The molecule has 0 aliphatic heterocycles. The van der Waals surface area contributed by atoms with Crippen LogP contribution in [0.15, 0.2) is 18.2 Å². The fourth-order valence-corrected chi connectivity index (χ4v) is 3.21. The van der Waals surface area contributed by atoms with Crippen molar-refractivity contribution in [1.82, 2.24) is 9.55 Å². The molecule has 2 N–H and O–H groups in total. The molecule has 1 aromatic heterocycles. The Hall–Kier alpha value is -1.22. The first-order chi connectivity index (χ1) is 8.65. The number of rotatable bonds is 2. The Kier molecular flexibility index (Phi) is 2.94. The number of benzene rings is 1. The van der Waals surface area contributed by atoms with Crippen molar-refractivity contribution in [1.29, 1.82) is 0 Å². The van der Waals surface area contributed by atoms with Crippen LogP contribution in [0.5, 0.6) is 0 Å². The van der Waals surface area contributed by atoms with Gasteiger partial charge in [-0.25, -0.2) is 4.98 Å². The Labute approximate surface area is 112 Å². The van der Waals surface area contributed by atoms with Gasteiger partial charge in [0.15, 0.2) is 0 Å². The van der Waals surface area contributed by atoms with Gasteiger partial charge in [0.1, 0.15) is 0 Å². The monoisotopic (exact) mass is 263 g/mol. The van der Waals surface area contributed by atoms with Gasteiger partial charge in [-0.05, 0) is 36.5 Å². The number of anilines is 1. The zero-order valence-electron chi connectivity index (χ0n) is 10.6. The van der Waals surface area contributed by atoms with Crippen LogP contribution in [0.2, 0.25) is 5.02 Å². The van der Waals surface area contributed by atoms with Gasteiger partial charge < -0.3 is 10.3 Å². The van der Waals surface area contributed by atoms with Gasteiger partial charge in [0.2, 0.25) is 5.95 Å². The topological polar surface area (TPSA) is 43.8 Å². The molecule has 1 aliphatic rings. The van der Waals surface area contributed by atoms with Gasteiger partial charge in [-0.2, -0.15) is 0 Å². The Balaban J connectivity index is 1.98. The molecular formula is C14H18ClN3. The van der Waals surface area contributed by atoms with Crippen LogP contribution in [-0.4, -0.2) is 9.55 Å². The third-order valence-electron chi connectivity index (χ3n) is 4.20. The van der Waals surface area contributed by atoms with E-state index in [2.05, 4.69) is 16.5 Å². The van der Waals surface area contributed by atoms with Crippen LogP contribution in [-0.2, 0) is 6.54 Å². The molecule has 0 radical (unpaired) electrons. The summed E-state index contributed by atoms with van der Waals surface area (Å²) < 4.78 is 2.14. The first-order valence-electron chi connectivity index (χ1n) is 6.56. The minimum absolute atomic E-state index is 0.603. The van der Waals surface area contributed by atoms with Crippen molar-refractivity contribution in [2.75, 3.05) is 5.73 Å². The van der Waals surface area contributed by atoms with Crippen LogP contribution in [0, 0.1) is 11.8 Å². The van der Waals surface area contributed by atoms with Crippen LogP contribution >= 0.6 is 11.6 Å². The second-order valence-electron chi connectivity index (χ2n) is 5.38. The van der Waals surface area contributed by atoms with Crippen molar-refractivity contribution < 1.29 is 0 Å². The number of imidazole rings is 1. The van der Waals surface area contributed by atoms with E-state index < -0.39 is 0 Å². The van der Waals surface area contributed by atoms with Crippen LogP contribution in [0.25, 0.3) is 11.0 Å². The molecule has 1 aromatic carbocycles. The SMILES string of the molecule is CC1CCCC1Cn1c(N)nc2cc(Cl)ccc21. The largest absolute Gasteiger partial charge is 0.369 e. The normalized spacial score (nSPS) is 23.9. The number of aromatic nitrogens is 2. The Bertz CT molecular complexity index is 576. The predicted octanol–water partition coefficient (Wildman–Crippen LogP) is 3.71. The van der Waals surface area contributed by atoms with Gasteiger partial charge in [0.05, 0.1) is 11.0 Å². The van der Waals surface area contributed by atoms with Gasteiger partial charge in [0, 0.05) is 11.6 Å². The first-order valence-corrected chi connectivity index (χ1v) is 6.94. The maximum Gasteiger partial charge on any atom is 0.201 e. The molecular weight excluding hydrogens is 246 g/mol. The van der Waals surface area contributed by atoms with Crippen molar-refractivity contribution in [3.05, 3.63) is 23.2 Å². The molecule has 18 heavy (non-hydrogen) atoms. The highest BCUT2D eigenvalue weighted by Gasteiger charge is 2.24. The van der Waals surface area contributed by atoms with Crippen LogP contribution in [0.1, 0.15) is 26.2 Å². The van der Waals surface area contributed by atoms with Crippen molar-refractivity contribution in [3.63, 3.8) is 0 Å². The minimum atomic E-state index is 0.603. The zero-order chi connectivity index (χ0) is 12.7. The van der Waals surface area contributed by atoms with Gasteiger partial charge in [-0.1, -0.05) is 31.4 Å². The molecule has 2 atom stereocenters. The lowest BCUT2D eigenvalue weighted by molar-refractivity contribution is 0.370. The summed E-state index contributed by atoms with van der Waals surface area (Å²) in [6.45, 7) is 3.31. The summed E-state index contributed by atoms with van der Waals surface area (Å²) in [6, 6.07) is 5.79. The molecule has 2 unspecified atom stereocenters. The summed E-state index contributed by atoms with van der Waals surface area (Å²) in [5, 5.41) is 0.710. The number of fused-ring (bicyclic) bond motifs is 1. The van der Waals surface area contributed by atoms with E-state index in [0.717, 1.165) is 29.4 Å². The lowest BCUT2D eigenvalue weighted by Gasteiger charge is -2.17. The van der Waals surface area contributed by atoms with Gasteiger partial charge in [0.25, 0.3) is 0 Å². The molecule has 0 amide bonds. The van der Waals surface area contributed by atoms with Crippen molar-refractivity contribution in [2.24, 2.45) is 11.8 Å². The molecule has 1 aliphatic carbocycles. The Morgan fingerprint density at radius 2 is 2.28 bits per heavy atom. The van der Waals surface area contributed by atoms with Crippen molar-refractivity contribution in [2.45, 2.75) is 32.7 Å². The summed E-state index contributed by atoms with van der Waals surface area (Å²) in [7, 11) is 0. The maximum atomic E-state index is 6.04. The van der Waals surface area contributed by atoms with Crippen LogP contribution in [0.3, 0.4) is 0 Å². The fourth-order valence-electron chi connectivity index (χ4n) is 3.04. The molecule has 4 heteroatoms. The Morgan fingerprint density at radius 3 is 3.00 bits per heavy atom. The number of nitrogens with two attached hydrogens (primary N) is 1. The summed E-state index contributed by atoms with van der Waals surface area (Å²) >= 11 is 5.98. The van der Waals surface area contributed by atoms with E-state index in [-0.39, 0.29) is 0 Å². The standard InChI is InChI=1S/C14H18ClN3/c1-9-3-2-4-10(9)8-18-13-6-5-11(15)7-12(13)17-14(18)16/h5-7,9-10H,2-4,8H2,1H3,(H2,16,17). The van der Waals surface area contributed by atoms with Crippen molar-refractivity contribution >= 4 is 28.6 Å². The second-order valence-corrected chi connectivity index (χ2v) is 5.82. The molecule has 2 aromatic rings. The molecule has 1 heterocycles. The molecule has 3 nitrogen and oxygen atoms in total. The highest BCUT2D eigenvalue weighted by atomic mass is 35.5.